The minimum Gasteiger partial charge on any atom is -0.397 e. The summed E-state index contributed by atoms with van der Waals surface area (Å²) in [7, 11) is 0. The topological polar surface area (TPSA) is 49.8 Å². The average Bonchev–Trinajstić information content (AvgIpc) is 2.71. The molecule has 0 saturated carbocycles. The summed E-state index contributed by atoms with van der Waals surface area (Å²) in [5, 5.41) is 10.8. The molecule has 0 aliphatic heterocycles. The van der Waals surface area contributed by atoms with Gasteiger partial charge in [0.25, 0.3) is 0 Å². The van der Waals surface area contributed by atoms with E-state index in [0.717, 1.165) is 14.2 Å². The Morgan fingerprint density at radius 1 is 1.43 bits per heavy atom. The standard InChI is InChI=1S/C9H5BrN2S2/c10-9-1-5(4-13-9)7-2-6(12)8(3-11)14-7/h1-2,4H,12H2. The van der Waals surface area contributed by atoms with Crippen LogP contribution in [0.2, 0.25) is 0 Å². The minimum absolute atomic E-state index is 0.565. The first kappa shape index (κ1) is 9.71. The first-order valence-electron chi connectivity index (χ1n) is 3.74. The lowest BCUT2D eigenvalue weighted by atomic mass is 10.3. The Hall–Kier alpha value is -0.830. The second kappa shape index (κ2) is 3.73. The average molecular weight is 285 g/mol. The maximum Gasteiger partial charge on any atom is 0.128 e. The van der Waals surface area contributed by atoms with Gasteiger partial charge in [-0.25, -0.2) is 0 Å². The highest BCUT2D eigenvalue weighted by Crippen LogP contribution is 2.36. The summed E-state index contributed by atoms with van der Waals surface area (Å²) >= 11 is 6.45. The molecule has 2 heterocycles. The van der Waals surface area contributed by atoms with Gasteiger partial charge >= 0.3 is 0 Å². The molecule has 2 nitrogen and oxygen atoms in total. The molecule has 2 aromatic rings. The summed E-state index contributed by atoms with van der Waals surface area (Å²) in [6, 6.07) is 5.95. The molecule has 0 aromatic carbocycles. The molecule has 2 rings (SSSR count). The number of hydrogen-bond acceptors (Lipinski definition) is 4. The molecule has 14 heavy (non-hydrogen) atoms. The predicted octanol–water partition coefficient (Wildman–Crippen LogP) is 3.69. The lowest BCUT2D eigenvalue weighted by Crippen LogP contribution is -1.81. The van der Waals surface area contributed by atoms with Gasteiger partial charge in [0.1, 0.15) is 10.9 Å². The van der Waals surface area contributed by atoms with E-state index in [1.807, 2.05) is 17.5 Å². The molecule has 0 aliphatic rings. The molecule has 0 saturated heterocycles. The number of nitrogens with zero attached hydrogens (tertiary/aromatic N) is 1. The van der Waals surface area contributed by atoms with Crippen molar-refractivity contribution in [1.82, 2.24) is 0 Å². The predicted molar refractivity (Wildman–Crippen MR) is 64.5 cm³/mol. The van der Waals surface area contributed by atoms with Crippen molar-refractivity contribution in [1.29, 1.82) is 5.26 Å². The molecule has 0 radical (unpaired) electrons. The van der Waals surface area contributed by atoms with E-state index >= 15 is 0 Å². The van der Waals surface area contributed by atoms with Crippen LogP contribution < -0.4 is 5.73 Å². The van der Waals surface area contributed by atoms with Gasteiger partial charge in [0, 0.05) is 15.8 Å². The smallest absolute Gasteiger partial charge is 0.128 e. The van der Waals surface area contributed by atoms with Crippen molar-refractivity contribution in [2.45, 2.75) is 0 Å². The Morgan fingerprint density at radius 2 is 2.21 bits per heavy atom. The number of thiophene rings is 2. The SMILES string of the molecule is N#Cc1sc(-c2csc(Br)c2)cc1N. The summed E-state index contributed by atoms with van der Waals surface area (Å²) in [6.45, 7) is 0. The van der Waals surface area contributed by atoms with Crippen molar-refractivity contribution in [3.05, 3.63) is 26.2 Å². The second-order valence-electron chi connectivity index (χ2n) is 2.65. The van der Waals surface area contributed by atoms with Crippen LogP contribution in [0.5, 0.6) is 0 Å². The third-order valence-corrected chi connectivity index (χ3v) is 4.32. The van der Waals surface area contributed by atoms with Crippen molar-refractivity contribution in [2.75, 3.05) is 5.73 Å². The van der Waals surface area contributed by atoms with Crippen LogP contribution in [-0.4, -0.2) is 0 Å². The Bertz CT molecular complexity index is 507. The molecule has 0 amide bonds. The van der Waals surface area contributed by atoms with E-state index in [2.05, 4.69) is 22.0 Å². The van der Waals surface area contributed by atoms with Gasteiger partial charge in [-0.3, -0.25) is 0 Å². The van der Waals surface area contributed by atoms with Crippen molar-refractivity contribution < 1.29 is 0 Å². The molecule has 2 aromatic heterocycles. The van der Waals surface area contributed by atoms with Crippen LogP contribution in [-0.2, 0) is 0 Å². The van der Waals surface area contributed by atoms with Gasteiger partial charge < -0.3 is 5.73 Å². The number of anilines is 1. The molecular formula is C9H5BrN2S2. The molecule has 0 bridgehead atoms. The first-order valence-corrected chi connectivity index (χ1v) is 6.23. The van der Waals surface area contributed by atoms with Crippen LogP contribution in [0.3, 0.4) is 0 Å². The molecule has 0 fully saturated rings. The molecular weight excluding hydrogens is 280 g/mol. The Balaban J connectivity index is 2.48. The molecule has 0 atom stereocenters. The zero-order valence-electron chi connectivity index (χ0n) is 6.95. The monoisotopic (exact) mass is 284 g/mol. The van der Waals surface area contributed by atoms with Crippen LogP contribution in [0.1, 0.15) is 4.88 Å². The van der Waals surface area contributed by atoms with Crippen LogP contribution in [0.4, 0.5) is 5.69 Å². The third kappa shape index (κ3) is 1.69. The highest BCUT2D eigenvalue weighted by atomic mass is 79.9. The number of nitrogens with two attached hydrogens (primary N) is 1. The lowest BCUT2D eigenvalue weighted by Gasteiger charge is -1.86. The Kier molecular flexibility index (Phi) is 2.59. The van der Waals surface area contributed by atoms with E-state index < -0.39 is 0 Å². The Morgan fingerprint density at radius 3 is 2.71 bits per heavy atom. The first-order chi connectivity index (χ1) is 6.70. The number of hydrogen-bond donors (Lipinski definition) is 1. The molecule has 70 valence electrons. The van der Waals surface area contributed by atoms with Crippen molar-refractivity contribution in [3.63, 3.8) is 0 Å². The zero-order chi connectivity index (χ0) is 10.1. The van der Waals surface area contributed by atoms with E-state index in [4.69, 9.17) is 11.0 Å². The Labute approximate surface area is 97.7 Å². The summed E-state index contributed by atoms with van der Waals surface area (Å²) < 4.78 is 1.08. The summed E-state index contributed by atoms with van der Waals surface area (Å²) in [6.07, 6.45) is 0. The largest absolute Gasteiger partial charge is 0.397 e. The number of nitrogen functional groups attached to an aromatic ring is 1. The maximum absolute atomic E-state index is 8.76. The number of nitriles is 1. The zero-order valence-corrected chi connectivity index (χ0v) is 10.2. The molecule has 0 aliphatic carbocycles. The quantitative estimate of drug-likeness (QED) is 0.868. The van der Waals surface area contributed by atoms with Gasteiger partial charge in [0.05, 0.1) is 9.47 Å². The van der Waals surface area contributed by atoms with E-state index in [1.165, 1.54) is 11.3 Å². The van der Waals surface area contributed by atoms with Crippen molar-refractivity contribution in [3.8, 4) is 16.5 Å². The molecule has 0 spiro atoms. The normalized spacial score (nSPS) is 10.0. The van der Waals surface area contributed by atoms with Crippen LogP contribution in [0.25, 0.3) is 10.4 Å². The van der Waals surface area contributed by atoms with Gasteiger partial charge in [-0.2, -0.15) is 5.26 Å². The fourth-order valence-electron chi connectivity index (χ4n) is 1.07. The van der Waals surface area contributed by atoms with E-state index in [0.29, 0.717) is 10.6 Å². The van der Waals surface area contributed by atoms with Gasteiger partial charge in [0.15, 0.2) is 0 Å². The van der Waals surface area contributed by atoms with Crippen LogP contribution in [0.15, 0.2) is 21.3 Å². The highest BCUT2D eigenvalue weighted by Gasteiger charge is 2.08. The molecule has 2 N–H and O–H groups in total. The number of rotatable bonds is 1. The molecule has 0 unspecified atom stereocenters. The van der Waals surface area contributed by atoms with Gasteiger partial charge in [0.2, 0.25) is 0 Å². The second-order valence-corrected chi connectivity index (χ2v) is 5.99. The van der Waals surface area contributed by atoms with Crippen LogP contribution in [0, 0.1) is 11.3 Å². The van der Waals surface area contributed by atoms with E-state index in [9.17, 15) is 0 Å². The summed E-state index contributed by atoms with van der Waals surface area (Å²) in [5.41, 5.74) is 7.35. The van der Waals surface area contributed by atoms with Crippen molar-refractivity contribution >= 4 is 44.3 Å². The fraction of sp³-hybridized carbons (Fsp3) is 0. The minimum atomic E-state index is 0.565. The summed E-state index contributed by atoms with van der Waals surface area (Å²) in [4.78, 5) is 1.63. The van der Waals surface area contributed by atoms with E-state index in [-0.39, 0.29) is 0 Å². The van der Waals surface area contributed by atoms with Gasteiger partial charge in [-0.15, -0.1) is 22.7 Å². The van der Waals surface area contributed by atoms with Crippen LogP contribution >= 0.6 is 38.6 Å². The number of halogens is 1. The molecule has 5 heteroatoms. The lowest BCUT2D eigenvalue weighted by molar-refractivity contribution is 1.52. The van der Waals surface area contributed by atoms with Crippen molar-refractivity contribution in [2.24, 2.45) is 0 Å². The highest BCUT2D eigenvalue weighted by molar-refractivity contribution is 9.11. The fourth-order valence-corrected chi connectivity index (χ4v) is 3.17. The summed E-state index contributed by atoms with van der Waals surface area (Å²) in [5.74, 6) is 0. The third-order valence-electron chi connectivity index (χ3n) is 1.71. The van der Waals surface area contributed by atoms with E-state index in [1.54, 1.807) is 11.3 Å². The van der Waals surface area contributed by atoms with Gasteiger partial charge in [-0.1, -0.05) is 0 Å². The van der Waals surface area contributed by atoms with Gasteiger partial charge in [-0.05, 0) is 28.1 Å². The maximum atomic E-state index is 8.76.